The fourth-order valence-corrected chi connectivity index (χ4v) is 2.23. The summed E-state index contributed by atoms with van der Waals surface area (Å²) in [5.74, 6) is 0.138. The molecule has 0 spiro atoms. The number of methoxy groups -OCH3 is 2. The van der Waals surface area contributed by atoms with E-state index in [2.05, 4.69) is 10.5 Å². The van der Waals surface area contributed by atoms with E-state index in [1.165, 1.54) is 12.1 Å². The third-order valence-electron chi connectivity index (χ3n) is 3.35. The maximum atomic E-state index is 11.1. The summed E-state index contributed by atoms with van der Waals surface area (Å²) in [5, 5.41) is 13.5. The average molecular weight is 349 g/mol. The van der Waals surface area contributed by atoms with Crippen LogP contribution in [0, 0.1) is 0 Å². The Kier molecular flexibility index (Phi) is 5.65. The number of nitrogens with one attached hydrogen (secondary N) is 1. The van der Waals surface area contributed by atoms with Gasteiger partial charge in [-0.25, -0.2) is 4.79 Å². The summed E-state index contributed by atoms with van der Waals surface area (Å²) in [6, 6.07) is 10.0. The number of rotatable bonds is 6. The van der Waals surface area contributed by atoms with E-state index in [0.29, 0.717) is 22.9 Å². The number of halogens is 1. The number of benzene rings is 2. The van der Waals surface area contributed by atoms with Gasteiger partial charge in [0.15, 0.2) is 11.5 Å². The van der Waals surface area contributed by atoms with Crippen molar-refractivity contribution in [1.82, 2.24) is 0 Å². The van der Waals surface area contributed by atoms with Crippen LogP contribution in [0.2, 0.25) is 5.02 Å². The molecular formula is C17H17ClN2O4. The van der Waals surface area contributed by atoms with Gasteiger partial charge >= 0.3 is 5.97 Å². The van der Waals surface area contributed by atoms with Crippen molar-refractivity contribution in [3.63, 3.8) is 0 Å². The van der Waals surface area contributed by atoms with Crippen LogP contribution in [0.5, 0.6) is 11.5 Å². The highest BCUT2D eigenvalue weighted by atomic mass is 35.5. The fourth-order valence-electron chi connectivity index (χ4n) is 2.03. The zero-order chi connectivity index (χ0) is 17.7. The number of anilines is 1. The molecule has 0 radical (unpaired) electrons. The van der Waals surface area contributed by atoms with Crippen LogP contribution < -0.4 is 14.9 Å². The summed E-state index contributed by atoms with van der Waals surface area (Å²) in [6.45, 7) is 1.82. The van der Waals surface area contributed by atoms with Gasteiger partial charge in [0.05, 0.1) is 36.2 Å². The lowest BCUT2D eigenvalue weighted by Crippen LogP contribution is -2.02. The van der Waals surface area contributed by atoms with Crippen molar-refractivity contribution in [2.24, 2.45) is 5.10 Å². The molecule has 0 aromatic heterocycles. The number of aromatic carboxylic acids is 1. The van der Waals surface area contributed by atoms with Gasteiger partial charge in [-0.1, -0.05) is 11.6 Å². The van der Waals surface area contributed by atoms with Gasteiger partial charge in [0.2, 0.25) is 0 Å². The average Bonchev–Trinajstić information content (AvgIpc) is 2.59. The van der Waals surface area contributed by atoms with Crippen LogP contribution in [0.3, 0.4) is 0 Å². The van der Waals surface area contributed by atoms with E-state index in [4.69, 9.17) is 26.2 Å². The molecule has 2 rings (SSSR count). The first kappa shape index (κ1) is 17.6. The van der Waals surface area contributed by atoms with Gasteiger partial charge in [0, 0.05) is 5.56 Å². The predicted octanol–water partition coefficient (Wildman–Crippen LogP) is 3.89. The van der Waals surface area contributed by atoms with E-state index in [1.807, 2.05) is 19.1 Å². The summed E-state index contributed by atoms with van der Waals surface area (Å²) in [4.78, 5) is 11.1. The van der Waals surface area contributed by atoms with Crippen LogP contribution in [0.25, 0.3) is 0 Å². The first-order valence-corrected chi connectivity index (χ1v) is 7.39. The summed E-state index contributed by atoms with van der Waals surface area (Å²) in [5.41, 5.74) is 4.90. The topological polar surface area (TPSA) is 80.2 Å². The van der Waals surface area contributed by atoms with E-state index >= 15 is 0 Å². The quantitative estimate of drug-likeness (QED) is 0.611. The molecule has 0 amide bonds. The lowest BCUT2D eigenvalue weighted by molar-refractivity contribution is 0.0697. The second-order valence-electron chi connectivity index (χ2n) is 4.88. The predicted molar refractivity (Wildman–Crippen MR) is 93.8 cm³/mol. The molecule has 2 aromatic carbocycles. The van der Waals surface area contributed by atoms with Crippen molar-refractivity contribution >= 4 is 29.0 Å². The molecule has 0 unspecified atom stereocenters. The SMILES string of the molecule is COc1ccc(/C(C)=N\Nc2ccc(Cl)c(C(=O)O)c2)cc1OC. The molecule has 7 heteroatoms. The van der Waals surface area contributed by atoms with E-state index in [9.17, 15) is 4.79 Å². The largest absolute Gasteiger partial charge is 0.493 e. The lowest BCUT2D eigenvalue weighted by Gasteiger charge is -2.10. The van der Waals surface area contributed by atoms with Crippen LogP contribution in [-0.2, 0) is 0 Å². The first-order valence-electron chi connectivity index (χ1n) is 7.01. The van der Waals surface area contributed by atoms with Gasteiger partial charge < -0.3 is 14.6 Å². The smallest absolute Gasteiger partial charge is 0.337 e. The summed E-state index contributed by atoms with van der Waals surface area (Å²) in [7, 11) is 3.13. The highest BCUT2D eigenvalue weighted by molar-refractivity contribution is 6.33. The molecule has 0 bridgehead atoms. The zero-order valence-corrected chi connectivity index (χ0v) is 14.2. The number of hydrogen-bond donors (Lipinski definition) is 2. The first-order chi connectivity index (χ1) is 11.5. The van der Waals surface area contributed by atoms with Crippen molar-refractivity contribution in [2.45, 2.75) is 6.92 Å². The molecule has 0 heterocycles. The molecule has 2 N–H and O–H groups in total. The van der Waals surface area contributed by atoms with Crippen LogP contribution >= 0.6 is 11.6 Å². The van der Waals surface area contributed by atoms with Gasteiger partial charge in [-0.2, -0.15) is 5.10 Å². The van der Waals surface area contributed by atoms with Gasteiger partial charge in [-0.15, -0.1) is 0 Å². The maximum absolute atomic E-state index is 11.1. The molecule has 0 aliphatic carbocycles. The molecule has 0 saturated heterocycles. The van der Waals surface area contributed by atoms with E-state index < -0.39 is 5.97 Å². The highest BCUT2D eigenvalue weighted by Crippen LogP contribution is 2.28. The van der Waals surface area contributed by atoms with Crippen LogP contribution in [0.1, 0.15) is 22.8 Å². The van der Waals surface area contributed by atoms with Crippen molar-refractivity contribution in [1.29, 1.82) is 0 Å². The minimum absolute atomic E-state index is 0.0145. The Morgan fingerprint density at radius 3 is 2.46 bits per heavy atom. The monoisotopic (exact) mass is 348 g/mol. The molecule has 6 nitrogen and oxygen atoms in total. The van der Waals surface area contributed by atoms with Gasteiger partial charge in [-0.3, -0.25) is 5.43 Å². The second kappa shape index (κ2) is 7.70. The molecule has 0 aliphatic heterocycles. The molecule has 0 aliphatic rings. The minimum atomic E-state index is -1.09. The normalized spacial score (nSPS) is 11.1. The van der Waals surface area contributed by atoms with Gasteiger partial charge in [0.1, 0.15) is 0 Å². The summed E-state index contributed by atoms with van der Waals surface area (Å²) < 4.78 is 10.5. The summed E-state index contributed by atoms with van der Waals surface area (Å²) in [6.07, 6.45) is 0. The number of nitrogens with zero attached hydrogens (tertiary/aromatic N) is 1. The van der Waals surface area contributed by atoms with Gasteiger partial charge in [0.25, 0.3) is 0 Å². The van der Waals surface area contributed by atoms with Crippen LogP contribution in [0.15, 0.2) is 41.5 Å². The van der Waals surface area contributed by atoms with Crippen LogP contribution in [0.4, 0.5) is 5.69 Å². The Hall–Kier alpha value is -2.73. The van der Waals surface area contributed by atoms with Crippen molar-refractivity contribution in [3.8, 4) is 11.5 Å². The highest BCUT2D eigenvalue weighted by Gasteiger charge is 2.10. The fraction of sp³-hybridized carbons (Fsp3) is 0.176. The maximum Gasteiger partial charge on any atom is 0.337 e. The van der Waals surface area contributed by atoms with Crippen molar-refractivity contribution in [3.05, 3.63) is 52.5 Å². The number of carbonyl (C=O) groups is 1. The Morgan fingerprint density at radius 2 is 1.83 bits per heavy atom. The molecule has 0 saturated carbocycles. The minimum Gasteiger partial charge on any atom is -0.493 e. The van der Waals surface area contributed by atoms with Crippen molar-refractivity contribution < 1.29 is 19.4 Å². The molecule has 24 heavy (non-hydrogen) atoms. The summed E-state index contributed by atoms with van der Waals surface area (Å²) >= 11 is 5.84. The van der Waals surface area contributed by atoms with E-state index in [1.54, 1.807) is 26.4 Å². The number of hydrazone groups is 1. The van der Waals surface area contributed by atoms with Gasteiger partial charge in [-0.05, 0) is 43.3 Å². The third kappa shape index (κ3) is 3.97. The Balaban J connectivity index is 2.23. The molecule has 0 fully saturated rings. The van der Waals surface area contributed by atoms with E-state index in [0.717, 1.165) is 5.56 Å². The number of carboxylic acids is 1. The molecule has 2 aromatic rings. The third-order valence-corrected chi connectivity index (χ3v) is 3.68. The van der Waals surface area contributed by atoms with E-state index in [-0.39, 0.29) is 10.6 Å². The number of carboxylic acid groups (broad SMARTS) is 1. The Bertz CT molecular complexity index is 790. The Morgan fingerprint density at radius 1 is 1.12 bits per heavy atom. The molecule has 126 valence electrons. The molecule has 0 atom stereocenters. The lowest BCUT2D eigenvalue weighted by atomic mass is 10.1. The molecular weight excluding hydrogens is 332 g/mol. The second-order valence-corrected chi connectivity index (χ2v) is 5.29. The number of hydrogen-bond acceptors (Lipinski definition) is 5. The van der Waals surface area contributed by atoms with Crippen molar-refractivity contribution in [2.75, 3.05) is 19.6 Å². The standard InChI is InChI=1S/C17H17ClN2O4/c1-10(11-4-7-15(23-2)16(8-11)24-3)19-20-12-5-6-14(18)13(9-12)17(21)22/h4-9,20H,1-3H3,(H,21,22)/b19-10-. The zero-order valence-electron chi connectivity index (χ0n) is 13.5. The Labute approximate surface area is 144 Å². The number of ether oxygens (including phenoxy) is 2. The van der Waals surface area contributed by atoms with Crippen LogP contribution in [-0.4, -0.2) is 31.0 Å².